The molecule has 0 atom stereocenters. The van der Waals surface area contributed by atoms with Crippen molar-refractivity contribution in [2.75, 3.05) is 0 Å². The third-order valence-corrected chi connectivity index (χ3v) is 2.19. The summed E-state index contributed by atoms with van der Waals surface area (Å²) in [4.78, 5) is 21.4. The third-order valence-electron chi connectivity index (χ3n) is 1.92. The second kappa shape index (κ2) is 3.36. The van der Waals surface area contributed by atoms with Crippen molar-refractivity contribution in [3.63, 3.8) is 0 Å². The second-order valence-corrected chi connectivity index (χ2v) is 3.26. The lowest BCUT2D eigenvalue weighted by Crippen LogP contribution is -2.01. The van der Waals surface area contributed by atoms with Gasteiger partial charge in [-0.25, -0.2) is 0 Å². The van der Waals surface area contributed by atoms with Crippen LogP contribution in [-0.4, -0.2) is 4.92 Å². The molecule has 0 saturated heterocycles. The zero-order chi connectivity index (χ0) is 11.0. The van der Waals surface area contributed by atoms with Crippen LogP contribution in [0.4, 0.5) is 5.69 Å². The summed E-state index contributed by atoms with van der Waals surface area (Å²) in [5, 5.41) is 10.5. The minimum absolute atomic E-state index is 0.0944. The first-order chi connectivity index (χ1) is 7.09. The lowest BCUT2D eigenvalue weighted by molar-refractivity contribution is -0.384. The molecule has 0 bridgehead atoms. The number of benzene rings is 1. The molecular weight excluding hydrogens is 222 g/mol. The average Bonchev–Trinajstić information content (AvgIpc) is 2.23. The lowest BCUT2D eigenvalue weighted by Gasteiger charge is -1.96. The van der Waals surface area contributed by atoms with Gasteiger partial charge in [0.25, 0.3) is 5.69 Å². The maximum absolute atomic E-state index is 11.5. The highest BCUT2D eigenvalue weighted by atomic mass is 35.5. The molecular formula is C9H4ClNO4. The van der Waals surface area contributed by atoms with E-state index in [2.05, 4.69) is 0 Å². The van der Waals surface area contributed by atoms with Crippen LogP contribution in [0.5, 0.6) is 0 Å². The summed E-state index contributed by atoms with van der Waals surface area (Å²) >= 11 is 5.54. The molecule has 0 aliphatic rings. The summed E-state index contributed by atoms with van der Waals surface area (Å²) in [6, 6.07) is 3.78. The van der Waals surface area contributed by atoms with Crippen molar-refractivity contribution < 1.29 is 9.34 Å². The molecule has 0 amide bonds. The summed E-state index contributed by atoms with van der Waals surface area (Å²) < 4.78 is 5.00. The van der Waals surface area contributed by atoms with E-state index in [-0.39, 0.29) is 21.7 Å². The van der Waals surface area contributed by atoms with Gasteiger partial charge in [-0.2, -0.15) is 0 Å². The molecule has 0 aliphatic heterocycles. The summed E-state index contributed by atoms with van der Waals surface area (Å²) in [5.74, 6) is 0. The molecule has 2 aromatic rings. The first-order valence-electron chi connectivity index (χ1n) is 3.95. The number of rotatable bonds is 1. The number of halogens is 1. The molecule has 0 fully saturated rings. The van der Waals surface area contributed by atoms with Crippen molar-refractivity contribution >= 4 is 28.3 Å². The van der Waals surface area contributed by atoms with Gasteiger partial charge in [0.1, 0.15) is 16.9 Å². The Kier molecular flexibility index (Phi) is 2.17. The molecule has 2 rings (SSSR count). The molecule has 1 aromatic heterocycles. The Morgan fingerprint density at radius 1 is 1.40 bits per heavy atom. The Hall–Kier alpha value is -1.88. The van der Waals surface area contributed by atoms with Gasteiger partial charge in [-0.3, -0.25) is 14.9 Å². The Bertz CT molecular complexity index is 605. The van der Waals surface area contributed by atoms with Gasteiger partial charge in [0.15, 0.2) is 0 Å². The Labute approximate surface area is 88.0 Å². The third kappa shape index (κ3) is 1.57. The summed E-state index contributed by atoms with van der Waals surface area (Å²) in [6.45, 7) is 0. The number of non-ortho nitro benzene ring substituents is 1. The van der Waals surface area contributed by atoms with E-state index in [1.165, 1.54) is 12.1 Å². The highest BCUT2D eigenvalue weighted by Crippen LogP contribution is 2.19. The first kappa shape index (κ1) is 9.67. The smallest absolute Gasteiger partial charge is 0.270 e. The average molecular weight is 226 g/mol. The van der Waals surface area contributed by atoms with E-state index in [4.69, 9.17) is 16.0 Å². The van der Waals surface area contributed by atoms with Gasteiger partial charge in [-0.05, 0) is 6.07 Å². The van der Waals surface area contributed by atoms with Crippen LogP contribution in [0.15, 0.2) is 33.7 Å². The van der Waals surface area contributed by atoms with Gasteiger partial charge < -0.3 is 4.42 Å². The van der Waals surface area contributed by atoms with Gasteiger partial charge in [0.05, 0.1) is 10.3 Å². The fourth-order valence-electron chi connectivity index (χ4n) is 1.21. The first-order valence-corrected chi connectivity index (χ1v) is 4.33. The lowest BCUT2D eigenvalue weighted by atomic mass is 10.2. The molecule has 0 spiro atoms. The number of nitrogens with zero attached hydrogens (tertiary/aromatic N) is 1. The SMILES string of the molecule is O=c1c(Cl)coc2ccc([N+](=O)[O-])cc12. The van der Waals surface area contributed by atoms with Crippen molar-refractivity contribution in [3.8, 4) is 0 Å². The number of hydrogen-bond acceptors (Lipinski definition) is 4. The fraction of sp³-hybridized carbons (Fsp3) is 0. The monoisotopic (exact) mass is 225 g/mol. The highest BCUT2D eigenvalue weighted by molar-refractivity contribution is 6.30. The molecule has 0 aliphatic carbocycles. The van der Waals surface area contributed by atoms with Crippen LogP contribution in [0.3, 0.4) is 0 Å². The van der Waals surface area contributed by atoms with Gasteiger partial charge in [0.2, 0.25) is 5.43 Å². The molecule has 1 heterocycles. The van der Waals surface area contributed by atoms with Crippen LogP contribution < -0.4 is 5.43 Å². The number of nitro benzene ring substituents is 1. The van der Waals surface area contributed by atoms with Crippen LogP contribution in [-0.2, 0) is 0 Å². The van der Waals surface area contributed by atoms with Crippen molar-refractivity contribution in [3.05, 3.63) is 49.8 Å². The van der Waals surface area contributed by atoms with E-state index < -0.39 is 10.4 Å². The largest absolute Gasteiger partial charge is 0.463 e. The Balaban J connectivity index is 2.85. The molecule has 0 unspecified atom stereocenters. The quantitative estimate of drug-likeness (QED) is 0.552. The van der Waals surface area contributed by atoms with Crippen molar-refractivity contribution in [2.45, 2.75) is 0 Å². The predicted octanol–water partition coefficient (Wildman–Crippen LogP) is 2.35. The highest BCUT2D eigenvalue weighted by Gasteiger charge is 2.10. The maximum atomic E-state index is 11.5. The van der Waals surface area contributed by atoms with E-state index >= 15 is 0 Å². The van der Waals surface area contributed by atoms with E-state index in [9.17, 15) is 14.9 Å². The molecule has 6 heteroatoms. The maximum Gasteiger partial charge on any atom is 0.270 e. The zero-order valence-corrected chi connectivity index (χ0v) is 8.02. The Morgan fingerprint density at radius 2 is 2.13 bits per heavy atom. The van der Waals surface area contributed by atoms with Crippen molar-refractivity contribution in [1.82, 2.24) is 0 Å². The van der Waals surface area contributed by atoms with Gasteiger partial charge in [-0.1, -0.05) is 11.6 Å². The van der Waals surface area contributed by atoms with E-state index in [1.807, 2.05) is 0 Å². The van der Waals surface area contributed by atoms with E-state index in [0.29, 0.717) is 0 Å². The molecule has 76 valence electrons. The van der Waals surface area contributed by atoms with Crippen LogP contribution >= 0.6 is 11.6 Å². The topological polar surface area (TPSA) is 73.3 Å². The summed E-state index contributed by atoms with van der Waals surface area (Å²) in [5.41, 5.74) is -0.367. The van der Waals surface area contributed by atoms with Gasteiger partial charge in [0, 0.05) is 12.1 Å². The number of fused-ring (bicyclic) bond motifs is 1. The van der Waals surface area contributed by atoms with Crippen molar-refractivity contribution in [1.29, 1.82) is 0 Å². The van der Waals surface area contributed by atoms with Crippen LogP contribution in [0, 0.1) is 10.1 Å². The molecule has 0 N–H and O–H groups in total. The van der Waals surface area contributed by atoms with E-state index in [0.717, 1.165) is 12.3 Å². The Morgan fingerprint density at radius 3 is 2.80 bits per heavy atom. The number of nitro groups is 1. The molecule has 0 radical (unpaired) electrons. The van der Waals surface area contributed by atoms with Crippen LogP contribution in [0.1, 0.15) is 0 Å². The zero-order valence-electron chi connectivity index (χ0n) is 7.27. The molecule has 0 saturated carbocycles. The number of hydrogen-bond donors (Lipinski definition) is 0. The molecule has 15 heavy (non-hydrogen) atoms. The van der Waals surface area contributed by atoms with Gasteiger partial charge >= 0.3 is 0 Å². The minimum Gasteiger partial charge on any atom is -0.463 e. The molecule has 5 nitrogen and oxygen atoms in total. The van der Waals surface area contributed by atoms with Gasteiger partial charge in [-0.15, -0.1) is 0 Å². The predicted molar refractivity (Wildman–Crippen MR) is 54.1 cm³/mol. The summed E-state index contributed by atoms with van der Waals surface area (Å²) in [6.07, 6.45) is 1.11. The fourth-order valence-corrected chi connectivity index (χ4v) is 1.36. The van der Waals surface area contributed by atoms with Crippen molar-refractivity contribution in [2.24, 2.45) is 0 Å². The van der Waals surface area contributed by atoms with E-state index in [1.54, 1.807) is 0 Å². The van der Waals surface area contributed by atoms with Crippen LogP contribution in [0.2, 0.25) is 5.02 Å². The minimum atomic E-state index is -0.584. The standard InChI is InChI=1S/C9H4ClNO4/c10-7-4-15-8-2-1-5(11(13)14)3-6(8)9(7)12/h1-4H. The normalized spacial score (nSPS) is 10.5. The molecule has 1 aromatic carbocycles. The summed E-state index contributed by atoms with van der Waals surface area (Å²) in [7, 11) is 0. The second-order valence-electron chi connectivity index (χ2n) is 2.85. The van der Waals surface area contributed by atoms with Crippen LogP contribution in [0.25, 0.3) is 11.0 Å².